The zero-order valence-electron chi connectivity index (χ0n) is 10.4. The number of fused-ring (bicyclic) bond motifs is 1. The Morgan fingerprint density at radius 2 is 2.24 bits per heavy atom. The zero-order chi connectivity index (χ0) is 12.6. The Morgan fingerprint density at radius 3 is 2.82 bits per heavy atom. The molecule has 0 fully saturated rings. The average Bonchev–Trinajstić information content (AvgIpc) is 2.64. The molecule has 0 aliphatic carbocycles. The normalized spacial score (nSPS) is 21.6. The predicted octanol–water partition coefficient (Wildman–Crippen LogP) is 2.74. The lowest BCUT2D eigenvalue weighted by atomic mass is 9.92. The van der Waals surface area contributed by atoms with Gasteiger partial charge >= 0.3 is 5.97 Å². The van der Waals surface area contributed by atoms with Crippen LogP contribution in [0.5, 0.6) is 5.75 Å². The maximum atomic E-state index is 11.4. The third kappa shape index (κ3) is 1.93. The van der Waals surface area contributed by atoms with Crippen LogP contribution in [0.15, 0.2) is 30.4 Å². The van der Waals surface area contributed by atoms with Crippen molar-refractivity contribution >= 4 is 5.97 Å². The van der Waals surface area contributed by atoms with Crippen molar-refractivity contribution in [2.24, 2.45) is 0 Å². The summed E-state index contributed by atoms with van der Waals surface area (Å²) in [5.74, 6) is 0.500. The summed E-state index contributed by atoms with van der Waals surface area (Å²) in [4.78, 5) is 11.4. The second kappa shape index (κ2) is 3.91. The van der Waals surface area contributed by atoms with Gasteiger partial charge in [-0.05, 0) is 43.2 Å². The van der Waals surface area contributed by atoms with E-state index in [0.29, 0.717) is 5.56 Å². The molecule has 17 heavy (non-hydrogen) atoms. The van der Waals surface area contributed by atoms with Crippen LogP contribution in [0.1, 0.15) is 29.8 Å². The summed E-state index contributed by atoms with van der Waals surface area (Å²) >= 11 is 0. The summed E-state index contributed by atoms with van der Waals surface area (Å²) < 4.78 is 10.6. The lowest BCUT2D eigenvalue weighted by molar-refractivity contribution is 0.0600. The van der Waals surface area contributed by atoms with E-state index in [1.54, 1.807) is 6.07 Å². The van der Waals surface area contributed by atoms with Gasteiger partial charge in [0, 0.05) is 6.42 Å². The molecule has 3 heteroatoms. The summed E-state index contributed by atoms with van der Waals surface area (Å²) in [5, 5.41) is 0. The highest BCUT2D eigenvalue weighted by atomic mass is 16.5. The fourth-order valence-corrected chi connectivity index (χ4v) is 1.94. The van der Waals surface area contributed by atoms with Gasteiger partial charge in [-0.2, -0.15) is 0 Å². The molecular weight excluding hydrogens is 216 g/mol. The maximum Gasteiger partial charge on any atom is 0.337 e. The van der Waals surface area contributed by atoms with E-state index in [9.17, 15) is 4.79 Å². The molecule has 0 saturated carbocycles. The molecule has 0 aromatic heterocycles. The van der Waals surface area contributed by atoms with Gasteiger partial charge in [-0.15, -0.1) is 0 Å². The summed E-state index contributed by atoms with van der Waals surface area (Å²) in [6, 6.07) is 5.36. The highest BCUT2D eigenvalue weighted by Crippen LogP contribution is 2.38. The third-order valence-electron chi connectivity index (χ3n) is 3.25. The van der Waals surface area contributed by atoms with Crippen molar-refractivity contribution < 1.29 is 14.3 Å². The minimum absolute atomic E-state index is 0.322. The van der Waals surface area contributed by atoms with Gasteiger partial charge in [0.05, 0.1) is 12.7 Å². The first kappa shape index (κ1) is 11.7. The van der Waals surface area contributed by atoms with Gasteiger partial charge < -0.3 is 9.47 Å². The van der Waals surface area contributed by atoms with Crippen molar-refractivity contribution in [2.75, 3.05) is 7.11 Å². The minimum Gasteiger partial charge on any atom is -0.483 e. The number of methoxy groups -OCH3 is 1. The molecule has 1 unspecified atom stereocenters. The Morgan fingerprint density at radius 1 is 1.53 bits per heavy atom. The van der Waals surface area contributed by atoms with Crippen molar-refractivity contribution in [3.05, 3.63) is 41.5 Å². The van der Waals surface area contributed by atoms with E-state index in [1.165, 1.54) is 7.11 Å². The fourth-order valence-electron chi connectivity index (χ4n) is 1.94. The molecule has 1 aliphatic rings. The molecule has 2 rings (SSSR count). The summed E-state index contributed by atoms with van der Waals surface area (Å²) in [6.45, 7) is 7.91. The molecule has 0 N–H and O–H groups in total. The molecule has 0 saturated heterocycles. The number of hydrogen-bond acceptors (Lipinski definition) is 3. The number of benzene rings is 1. The van der Waals surface area contributed by atoms with Gasteiger partial charge in [0.15, 0.2) is 0 Å². The number of esters is 1. The average molecular weight is 232 g/mol. The molecule has 0 amide bonds. The monoisotopic (exact) mass is 232 g/mol. The smallest absolute Gasteiger partial charge is 0.337 e. The lowest BCUT2D eigenvalue weighted by Gasteiger charge is -2.23. The molecule has 90 valence electrons. The van der Waals surface area contributed by atoms with E-state index < -0.39 is 0 Å². The quantitative estimate of drug-likeness (QED) is 0.581. The Labute approximate surface area is 101 Å². The van der Waals surface area contributed by atoms with Crippen LogP contribution >= 0.6 is 0 Å². The van der Waals surface area contributed by atoms with E-state index in [1.807, 2.05) is 26.0 Å². The van der Waals surface area contributed by atoms with Crippen LogP contribution in [0.2, 0.25) is 0 Å². The van der Waals surface area contributed by atoms with Gasteiger partial charge in [-0.25, -0.2) is 4.79 Å². The second-order valence-electron chi connectivity index (χ2n) is 4.60. The van der Waals surface area contributed by atoms with E-state index in [-0.39, 0.29) is 11.6 Å². The number of rotatable bonds is 2. The Hall–Kier alpha value is -1.77. The molecule has 1 aliphatic heterocycles. The van der Waals surface area contributed by atoms with E-state index in [4.69, 9.17) is 9.47 Å². The fraction of sp³-hybridized carbons (Fsp3) is 0.357. The highest BCUT2D eigenvalue weighted by molar-refractivity contribution is 5.89. The van der Waals surface area contributed by atoms with E-state index in [2.05, 4.69) is 6.58 Å². The first-order valence-corrected chi connectivity index (χ1v) is 5.52. The first-order chi connectivity index (χ1) is 7.96. The van der Waals surface area contributed by atoms with Crippen LogP contribution in [-0.4, -0.2) is 18.7 Å². The topological polar surface area (TPSA) is 35.5 Å². The van der Waals surface area contributed by atoms with Crippen LogP contribution in [0.3, 0.4) is 0 Å². The third-order valence-corrected chi connectivity index (χ3v) is 3.25. The van der Waals surface area contributed by atoms with Crippen LogP contribution in [-0.2, 0) is 11.2 Å². The van der Waals surface area contributed by atoms with Crippen molar-refractivity contribution in [1.82, 2.24) is 0 Å². The maximum absolute atomic E-state index is 11.4. The van der Waals surface area contributed by atoms with Crippen LogP contribution in [0.25, 0.3) is 0 Å². The van der Waals surface area contributed by atoms with E-state index in [0.717, 1.165) is 23.3 Å². The molecule has 0 radical (unpaired) electrons. The van der Waals surface area contributed by atoms with Crippen LogP contribution in [0, 0.1) is 0 Å². The van der Waals surface area contributed by atoms with Crippen molar-refractivity contribution in [3.8, 4) is 5.75 Å². The van der Waals surface area contributed by atoms with Crippen LogP contribution in [0.4, 0.5) is 0 Å². The predicted molar refractivity (Wildman–Crippen MR) is 65.3 cm³/mol. The van der Waals surface area contributed by atoms with E-state index >= 15 is 0 Å². The highest BCUT2D eigenvalue weighted by Gasteiger charge is 2.35. The molecule has 3 nitrogen and oxygen atoms in total. The molecular formula is C14H16O3. The summed E-state index contributed by atoms with van der Waals surface area (Å²) in [5.41, 5.74) is 2.20. The van der Waals surface area contributed by atoms with Crippen molar-refractivity contribution in [1.29, 1.82) is 0 Å². The number of carbonyl (C=O) groups excluding carboxylic acids is 1. The number of ether oxygens (including phenoxy) is 2. The minimum atomic E-state index is -0.364. The second-order valence-corrected chi connectivity index (χ2v) is 4.60. The summed E-state index contributed by atoms with van der Waals surface area (Å²) in [6.07, 6.45) is 0.739. The summed E-state index contributed by atoms with van der Waals surface area (Å²) in [7, 11) is 1.38. The molecule has 1 aromatic rings. The number of carbonyl (C=O) groups is 1. The van der Waals surface area contributed by atoms with Gasteiger partial charge in [-0.3, -0.25) is 0 Å². The Kier molecular flexibility index (Phi) is 2.69. The van der Waals surface area contributed by atoms with Crippen molar-refractivity contribution in [2.45, 2.75) is 25.9 Å². The SMILES string of the molecule is C=C(C)C1(C)Cc2cc(C(=O)OC)ccc2O1. The van der Waals surface area contributed by atoms with Gasteiger partial charge in [0.1, 0.15) is 11.4 Å². The molecule has 0 spiro atoms. The van der Waals surface area contributed by atoms with Gasteiger partial charge in [0.25, 0.3) is 0 Å². The molecule has 1 atom stereocenters. The Bertz CT molecular complexity index is 490. The molecule has 1 aromatic carbocycles. The first-order valence-electron chi connectivity index (χ1n) is 5.52. The number of hydrogen-bond donors (Lipinski definition) is 0. The molecule has 0 bridgehead atoms. The largest absolute Gasteiger partial charge is 0.483 e. The Balaban J connectivity index is 2.34. The lowest BCUT2D eigenvalue weighted by Crippen LogP contribution is -2.30. The zero-order valence-corrected chi connectivity index (χ0v) is 10.4. The molecule has 1 heterocycles. The van der Waals surface area contributed by atoms with Gasteiger partial charge in [0.2, 0.25) is 0 Å². The van der Waals surface area contributed by atoms with Crippen molar-refractivity contribution in [3.63, 3.8) is 0 Å². The van der Waals surface area contributed by atoms with Gasteiger partial charge in [-0.1, -0.05) is 6.58 Å². The standard InChI is InChI=1S/C14H16O3/c1-9(2)14(3)8-11-7-10(13(15)16-4)5-6-12(11)17-14/h5-7H,1,8H2,2-4H3. The van der Waals surface area contributed by atoms with Crippen LogP contribution < -0.4 is 4.74 Å².